The summed E-state index contributed by atoms with van der Waals surface area (Å²) in [6.45, 7) is 4.21. The van der Waals surface area contributed by atoms with Crippen LogP contribution in [-0.4, -0.2) is 65.0 Å². The number of hydrogen-bond acceptors (Lipinski definition) is 8. The summed E-state index contributed by atoms with van der Waals surface area (Å²) in [5, 5.41) is 16.0. The Bertz CT molecular complexity index is 1600. The summed E-state index contributed by atoms with van der Waals surface area (Å²) >= 11 is 0. The Morgan fingerprint density at radius 1 is 1.20 bits per heavy atom. The van der Waals surface area contributed by atoms with Gasteiger partial charge in [-0.15, -0.1) is 0 Å². The number of carbonyl (C=O) groups excluding carboxylic acids is 2. The molecule has 1 saturated heterocycles. The van der Waals surface area contributed by atoms with Crippen LogP contribution >= 0.6 is 0 Å². The lowest BCUT2D eigenvalue weighted by atomic mass is 10.0. The van der Waals surface area contributed by atoms with Gasteiger partial charge >= 0.3 is 12.1 Å². The molecule has 2 unspecified atom stereocenters. The third-order valence-electron chi connectivity index (χ3n) is 7.70. The molecule has 0 radical (unpaired) electrons. The van der Waals surface area contributed by atoms with Crippen LogP contribution in [0, 0.1) is 5.92 Å². The fourth-order valence-corrected chi connectivity index (χ4v) is 5.78. The van der Waals surface area contributed by atoms with Crippen LogP contribution in [0.15, 0.2) is 35.3 Å². The molecule has 3 aromatic rings. The molecule has 2 amide bonds. The lowest BCUT2D eigenvalue weighted by Gasteiger charge is -2.19. The smallest absolute Gasteiger partial charge is 0.415 e. The molecule has 1 aliphatic carbocycles. The van der Waals surface area contributed by atoms with E-state index in [4.69, 9.17) is 9.47 Å². The minimum absolute atomic E-state index is 0.0637. The van der Waals surface area contributed by atoms with Gasteiger partial charge in [-0.3, -0.25) is 14.5 Å². The van der Waals surface area contributed by atoms with E-state index in [-0.39, 0.29) is 30.0 Å². The molecule has 2 atom stereocenters. The Kier molecular flexibility index (Phi) is 6.62. The summed E-state index contributed by atoms with van der Waals surface area (Å²) < 4.78 is 12.7. The van der Waals surface area contributed by atoms with Crippen molar-refractivity contribution >= 4 is 40.5 Å². The molecule has 12 heteroatoms. The summed E-state index contributed by atoms with van der Waals surface area (Å²) in [5.74, 6) is -0.0376. The van der Waals surface area contributed by atoms with Crippen molar-refractivity contribution in [1.82, 2.24) is 14.9 Å². The summed E-state index contributed by atoms with van der Waals surface area (Å²) in [6, 6.07) is 7.04. The number of pyridine rings is 2. The van der Waals surface area contributed by atoms with Crippen LogP contribution in [0.25, 0.3) is 10.9 Å². The molecule has 2 aromatic heterocycles. The number of amides is 2. The Balaban J connectivity index is 1.05. The summed E-state index contributed by atoms with van der Waals surface area (Å²) in [6.07, 6.45) is 2.97. The molecule has 40 heavy (non-hydrogen) atoms. The molecule has 208 valence electrons. The predicted octanol–water partition coefficient (Wildman–Crippen LogP) is 2.17. The zero-order valence-electron chi connectivity index (χ0n) is 21.9. The number of cyclic esters (lactones) is 1. The van der Waals surface area contributed by atoms with Crippen LogP contribution in [0.1, 0.15) is 34.8 Å². The predicted molar refractivity (Wildman–Crippen MR) is 145 cm³/mol. The van der Waals surface area contributed by atoms with E-state index >= 15 is 0 Å². The molecular formula is C28H29N5O7. The van der Waals surface area contributed by atoms with Crippen molar-refractivity contribution in [3.63, 3.8) is 0 Å². The highest BCUT2D eigenvalue weighted by Gasteiger charge is 2.34. The number of carbonyl (C=O) groups is 3. The van der Waals surface area contributed by atoms with Gasteiger partial charge in [0.25, 0.3) is 5.91 Å². The number of aromatic carboxylic acids is 1. The van der Waals surface area contributed by atoms with Gasteiger partial charge in [0.15, 0.2) is 18.2 Å². The van der Waals surface area contributed by atoms with E-state index in [1.807, 2.05) is 17.6 Å². The monoisotopic (exact) mass is 547 g/mol. The molecular weight excluding hydrogens is 518 g/mol. The standard InChI is InChI=1S/C28H29N5O7/c1-2-32-13-20(27(36)37)25(35)18-4-3-16-9-15(10-19(16)24(18)32)11-29-8-7-17-12-33(28(38)40-17)22-6-5-21-26(30-22)31-23(34)14-39-21/h3-6,13,15,17,29H,2,7-12,14H2,1H3,(H,36,37)(H,30,31,34). The van der Waals surface area contributed by atoms with Crippen molar-refractivity contribution in [3.8, 4) is 5.75 Å². The van der Waals surface area contributed by atoms with Crippen molar-refractivity contribution in [1.29, 1.82) is 0 Å². The average molecular weight is 548 g/mol. The van der Waals surface area contributed by atoms with E-state index in [1.54, 1.807) is 18.2 Å². The number of rotatable bonds is 8. The Morgan fingerprint density at radius 2 is 2.05 bits per heavy atom. The molecule has 1 aromatic carbocycles. The normalized spacial score (nSPS) is 19.7. The molecule has 0 spiro atoms. The molecule has 6 rings (SSSR count). The van der Waals surface area contributed by atoms with Crippen molar-refractivity contribution in [3.05, 3.63) is 57.4 Å². The quantitative estimate of drug-likeness (QED) is 0.360. The number of ether oxygens (including phenoxy) is 2. The fraction of sp³-hybridized carbons (Fsp3) is 0.393. The van der Waals surface area contributed by atoms with Gasteiger partial charge < -0.3 is 29.8 Å². The first-order valence-corrected chi connectivity index (χ1v) is 13.4. The summed E-state index contributed by atoms with van der Waals surface area (Å²) in [5.41, 5.74) is 2.47. The van der Waals surface area contributed by atoms with E-state index in [9.17, 15) is 24.3 Å². The Morgan fingerprint density at radius 3 is 2.85 bits per heavy atom. The number of benzene rings is 1. The van der Waals surface area contributed by atoms with Crippen LogP contribution in [0.5, 0.6) is 5.75 Å². The molecule has 0 saturated carbocycles. The third kappa shape index (κ3) is 4.64. The van der Waals surface area contributed by atoms with E-state index in [0.717, 1.165) is 30.5 Å². The molecule has 1 fully saturated rings. The number of fused-ring (bicyclic) bond motifs is 4. The number of nitrogens with one attached hydrogen (secondary N) is 2. The first kappa shape index (κ1) is 25.8. The molecule has 0 bridgehead atoms. The van der Waals surface area contributed by atoms with E-state index in [2.05, 4.69) is 15.6 Å². The highest BCUT2D eigenvalue weighted by molar-refractivity contribution is 5.95. The maximum atomic E-state index is 12.8. The zero-order chi connectivity index (χ0) is 28.0. The van der Waals surface area contributed by atoms with Crippen LogP contribution in [0.3, 0.4) is 0 Å². The Labute approximate surface area is 228 Å². The van der Waals surface area contributed by atoms with Crippen molar-refractivity contribution < 1.29 is 29.0 Å². The first-order valence-electron chi connectivity index (χ1n) is 13.4. The maximum absolute atomic E-state index is 12.8. The van der Waals surface area contributed by atoms with Gasteiger partial charge in [-0.1, -0.05) is 6.07 Å². The zero-order valence-corrected chi connectivity index (χ0v) is 21.9. The van der Waals surface area contributed by atoms with Crippen LogP contribution in [-0.2, 0) is 28.9 Å². The average Bonchev–Trinajstić information content (AvgIpc) is 3.53. The van der Waals surface area contributed by atoms with E-state index in [1.165, 1.54) is 16.7 Å². The third-order valence-corrected chi connectivity index (χ3v) is 7.70. The van der Waals surface area contributed by atoms with Gasteiger partial charge in [-0.2, -0.15) is 0 Å². The second-order valence-corrected chi connectivity index (χ2v) is 10.3. The van der Waals surface area contributed by atoms with Gasteiger partial charge in [0, 0.05) is 18.1 Å². The number of carboxylic acids is 1. The van der Waals surface area contributed by atoms with E-state index < -0.39 is 17.5 Å². The number of anilines is 2. The number of aromatic nitrogens is 2. The maximum Gasteiger partial charge on any atom is 0.415 e. The number of carboxylic acid groups (broad SMARTS) is 1. The molecule has 2 aliphatic heterocycles. The van der Waals surface area contributed by atoms with Crippen molar-refractivity contribution in [2.45, 2.75) is 38.8 Å². The van der Waals surface area contributed by atoms with Crippen LogP contribution in [0.2, 0.25) is 0 Å². The highest BCUT2D eigenvalue weighted by atomic mass is 16.6. The van der Waals surface area contributed by atoms with Crippen molar-refractivity contribution in [2.75, 3.05) is 36.5 Å². The molecule has 12 nitrogen and oxygen atoms in total. The topological polar surface area (TPSA) is 152 Å². The largest absolute Gasteiger partial charge is 0.480 e. The second kappa shape index (κ2) is 10.3. The number of hydrogen-bond donors (Lipinski definition) is 3. The highest BCUT2D eigenvalue weighted by Crippen LogP contribution is 2.33. The van der Waals surface area contributed by atoms with Gasteiger partial charge in [0.05, 0.1) is 12.1 Å². The number of aryl methyl sites for hydroxylation is 1. The van der Waals surface area contributed by atoms with Crippen LogP contribution in [0.4, 0.5) is 16.4 Å². The SMILES string of the molecule is CCn1cc(C(=O)O)c(=O)c2ccc3c(c21)CC(CNCCC1CN(c2ccc4c(n2)NC(=O)CO4)C(=O)O1)C3. The fourth-order valence-electron chi connectivity index (χ4n) is 5.78. The van der Waals surface area contributed by atoms with E-state index in [0.29, 0.717) is 48.9 Å². The minimum atomic E-state index is -1.21. The molecule has 3 N–H and O–H groups in total. The Hall–Kier alpha value is -4.45. The van der Waals surface area contributed by atoms with Gasteiger partial charge in [0.1, 0.15) is 17.5 Å². The van der Waals surface area contributed by atoms with Crippen LogP contribution < -0.4 is 25.7 Å². The van der Waals surface area contributed by atoms with Crippen molar-refractivity contribution in [2.24, 2.45) is 5.92 Å². The lowest BCUT2D eigenvalue weighted by molar-refractivity contribution is -0.118. The summed E-state index contributed by atoms with van der Waals surface area (Å²) in [7, 11) is 0. The molecule has 4 heterocycles. The number of nitrogens with zero attached hydrogens (tertiary/aromatic N) is 3. The van der Waals surface area contributed by atoms with Gasteiger partial charge in [0.2, 0.25) is 5.43 Å². The van der Waals surface area contributed by atoms with Gasteiger partial charge in [-0.25, -0.2) is 14.6 Å². The minimum Gasteiger partial charge on any atom is -0.480 e. The van der Waals surface area contributed by atoms with Gasteiger partial charge in [-0.05, 0) is 74.5 Å². The first-order chi connectivity index (χ1) is 19.3. The lowest BCUT2D eigenvalue weighted by Crippen LogP contribution is -2.30. The summed E-state index contributed by atoms with van der Waals surface area (Å²) in [4.78, 5) is 54.3. The second-order valence-electron chi connectivity index (χ2n) is 10.3. The molecule has 3 aliphatic rings.